The van der Waals surface area contributed by atoms with Gasteiger partial charge in [-0.25, -0.2) is 9.97 Å². The van der Waals surface area contributed by atoms with Crippen LogP contribution in [0.4, 0.5) is 0 Å². The highest BCUT2D eigenvalue weighted by atomic mass is 16.3. The van der Waals surface area contributed by atoms with Crippen molar-refractivity contribution in [2.24, 2.45) is 0 Å². The summed E-state index contributed by atoms with van der Waals surface area (Å²) in [5, 5.41) is 4.79. The minimum absolute atomic E-state index is 0.143. The van der Waals surface area contributed by atoms with Gasteiger partial charge < -0.3 is 4.42 Å². The number of nitrogens with zero attached hydrogens (tertiary/aromatic N) is 2. The lowest BCUT2D eigenvalue weighted by molar-refractivity contribution is 0.661. The SMILES string of the molecule is CC1(C)c2cc3ccccc3cc2-c2c(-c3cc(-c4ccc(-c5cccc(-c6ccc7c(c6)oc6ccccc67)c5)cc4)nc(-c4ccccc4)n3)cccc21. The molecular formula is C53H36N2O. The minimum atomic E-state index is -0.143. The Hall–Kier alpha value is -7.10. The van der Waals surface area contributed by atoms with Crippen molar-refractivity contribution in [2.45, 2.75) is 19.3 Å². The zero-order chi connectivity index (χ0) is 37.4. The molecule has 0 aliphatic heterocycles. The van der Waals surface area contributed by atoms with E-state index in [4.69, 9.17) is 14.4 Å². The van der Waals surface area contributed by atoms with Gasteiger partial charge in [0.25, 0.3) is 0 Å². The quantitative estimate of drug-likeness (QED) is 0.178. The first-order chi connectivity index (χ1) is 27.5. The van der Waals surface area contributed by atoms with Crippen molar-refractivity contribution >= 4 is 32.7 Å². The van der Waals surface area contributed by atoms with Crippen LogP contribution in [0.2, 0.25) is 0 Å². The van der Waals surface area contributed by atoms with Gasteiger partial charge in [0.2, 0.25) is 0 Å². The summed E-state index contributed by atoms with van der Waals surface area (Å²) in [4.78, 5) is 10.5. The molecule has 0 fully saturated rings. The average molecular weight is 717 g/mol. The average Bonchev–Trinajstić information content (AvgIpc) is 3.74. The molecule has 8 aromatic carbocycles. The van der Waals surface area contributed by atoms with Gasteiger partial charge in [-0.3, -0.25) is 0 Å². The van der Waals surface area contributed by atoms with E-state index < -0.39 is 0 Å². The molecule has 0 unspecified atom stereocenters. The first-order valence-electron chi connectivity index (χ1n) is 19.2. The van der Waals surface area contributed by atoms with Crippen molar-refractivity contribution in [3.63, 3.8) is 0 Å². The van der Waals surface area contributed by atoms with Gasteiger partial charge in [0.15, 0.2) is 5.82 Å². The summed E-state index contributed by atoms with van der Waals surface area (Å²) >= 11 is 0. The molecule has 2 heterocycles. The van der Waals surface area contributed by atoms with Crippen molar-refractivity contribution in [1.82, 2.24) is 9.97 Å². The normalized spacial score (nSPS) is 13.0. The van der Waals surface area contributed by atoms with Crippen molar-refractivity contribution in [2.75, 3.05) is 0 Å². The Bertz CT molecular complexity index is 3150. The maximum atomic E-state index is 6.21. The second-order valence-corrected chi connectivity index (χ2v) is 15.4. The first kappa shape index (κ1) is 32.3. The third-order valence-electron chi connectivity index (χ3n) is 11.7. The monoisotopic (exact) mass is 716 g/mol. The fraction of sp³-hybridized carbons (Fsp3) is 0.0566. The Labute approximate surface area is 325 Å². The summed E-state index contributed by atoms with van der Waals surface area (Å²) in [7, 11) is 0. The van der Waals surface area contributed by atoms with Gasteiger partial charge in [-0.2, -0.15) is 0 Å². The van der Waals surface area contributed by atoms with Crippen LogP contribution < -0.4 is 0 Å². The molecule has 3 nitrogen and oxygen atoms in total. The van der Waals surface area contributed by atoms with Crippen LogP contribution in [0.25, 0.3) is 100.0 Å². The maximum absolute atomic E-state index is 6.21. The van der Waals surface area contributed by atoms with Crippen molar-refractivity contribution in [3.05, 3.63) is 193 Å². The van der Waals surface area contributed by atoms with Gasteiger partial charge in [0.1, 0.15) is 11.2 Å². The molecule has 0 atom stereocenters. The smallest absolute Gasteiger partial charge is 0.160 e. The second-order valence-electron chi connectivity index (χ2n) is 15.4. The lowest BCUT2D eigenvalue weighted by Gasteiger charge is -2.22. The second kappa shape index (κ2) is 12.5. The van der Waals surface area contributed by atoms with Crippen LogP contribution in [0.15, 0.2) is 186 Å². The Morgan fingerprint density at radius 1 is 0.393 bits per heavy atom. The molecule has 56 heavy (non-hydrogen) atoms. The number of furan rings is 1. The van der Waals surface area contributed by atoms with Crippen molar-refractivity contribution < 1.29 is 4.42 Å². The molecule has 0 bridgehead atoms. The van der Waals surface area contributed by atoms with Crippen LogP contribution in [-0.4, -0.2) is 9.97 Å². The van der Waals surface area contributed by atoms with E-state index in [1.54, 1.807) is 0 Å². The number of fused-ring (bicyclic) bond motifs is 7. The third-order valence-corrected chi connectivity index (χ3v) is 11.7. The van der Waals surface area contributed by atoms with Crippen LogP contribution >= 0.6 is 0 Å². The molecule has 0 amide bonds. The van der Waals surface area contributed by atoms with E-state index in [1.165, 1.54) is 33.0 Å². The fourth-order valence-electron chi connectivity index (χ4n) is 8.75. The van der Waals surface area contributed by atoms with Crippen LogP contribution in [0.3, 0.4) is 0 Å². The molecule has 0 spiro atoms. The largest absolute Gasteiger partial charge is 0.456 e. The molecule has 0 saturated carbocycles. The summed E-state index contributed by atoms with van der Waals surface area (Å²) in [5.41, 5.74) is 16.4. The highest BCUT2D eigenvalue weighted by Crippen LogP contribution is 2.53. The lowest BCUT2D eigenvalue weighted by atomic mass is 9.81. The maximum Gasteiger partial charge on any atom is 0.160 e. The number of para-hydroxylation sites is 1. The summed E-state index contributed by atoms with van der Waals surface area (Å²) in [6.45, 7) is 4.68. The van der Waals surface area contributed by atoms with Gasteiger partial charge in [0, 0.05) is 32.9 Å². The first-order valence-corrected chi connectivity index (χ1v) is 19.2. The zero-order valence-corrected chi connectivity index (χ0v) is 31.1. The summed E-state index contributed by atoms with van der Waals surface area (Å²) < 4.78 is 6.21. The molecule has 1 aliphatic rings. The standard InChI is InChI=1S/C53H36N2O/c1-53(2)45-20-11-19-43(51(45)44-29-38-14-6-7-15-39(38)30-46(44)53)48-32-47(54-52(55-48)35-12-4-3-5-13-35)34-24-22-33(23-25-34)36-16-10-17-37(28-36)40-26-27-42-41-18-8-9-21-49(41)56-50(42)31-40/h3-32H,1-2H3. The summed E-state index contributed by atoms with van der Waals surface area (Å²) in [5.74, 6) is 0.713. The van der Waals surface area contributed by atoms with E-state index in [0.717, 1.165) is 72.3 Å². The molecule has 11 rings (SSSR count). The van der Waals surface area contributed by atoms with Gasteiger partial charge in [-0.15, -0.1) is 0 Å². The number of aromatic nitrogens is 2. The van der Waals surface area contributed by atoms with Crippen molar-refractivity contribution in [3.8, 4) is 67.3 Å². The molecule has 264 valence electrons. The Morgan fingerprint density at radius 2 is 1.02 bits per heavy atom. The van der Waals surface area contributed by atoms with E-state index in [0.29, 0.717) is 5.82 Å². The van der Waals surface area contributed by atoms with E-state index in [2.05, 4.69) is 166 Å². The molecule has 0 radical (unpaired) electrons. The molecule has 10 aromatic rings. The van der Waals surface area contributed by atoms with Crippen LogP contribution in [0.1, 0.15) is 25.0 Å². The van der Waals surface area contributed by atoms with Gasteiger partial charge in [-0.1, -0.05) is 153 Å². The molecular weight excluding hydrogens is 681 g/mol. The minimum Gasteiger partial charge on any atom is -0.456 e. The number of hydrogen-bond acceptors (Lipinski definition) is 3. The van der Waals surface area contributed by atoms with Crippen LogP contribution in [0.5, 0.6) is 0 Å². The molecule has 1 aliphatic carbocycles. The summed E-state index contributed by atoms with van der Waals surface area (Å²) in [6.07, 6.45) is 0. The molecule has 3 heteroatoms. The van der Waals surface area contributed by atoms with E-state index in [1.807, 2.05) is 30.3 Å². The topological polar surface area (TPSA) is 38.9 Å². The van der Waals surface area contributed by atoms with Crippen LogP contribution in [0, 0.1) is 0 Å². The molecule has 0 saturated heterocycles. The van der Waals surface area contributed by atoms with Gasteiger partial charge in [0.05, 0.1) is 11.4 Å². The Kier molecular flexibility index (Phi) is 7.20. The lowest BCUT2D eigenvalue weighted by Crippen LogP contribution is -2.14. The molecule has 2 aromatic heterocycles. The highest BCUT2D eigenvalue weighted by molar-refractivity contribution is 6.06. The van der Waals surface area contributed by atoms with Gasteiger partial charge in [-0.05, 0) is 97.7 Å². The highest BCUT2D eigenvalue weighted by Gasteiger charge is 2.37. The van der Waals surface area contributed by atoms with E-state index >= 15 is 0 Å². The number of hydrogen-bond donors (Lipinski definition) is 0. The molecule has 0 N–H and O–H groups in total. The Balaban J connectivity index is 0.995. The van der Waals surface area contributed by atoms with E-state index in [-0.39, 0.29) is 5.41 Å². The predicted molar refractivity (Wildman–Crippen MR) is 232 cm³/mol. The Morgan fingerprint density at radius 3 is 1.86 bits per heavy atom. The number of rotatable bonds is 5. The van der Waals surface area contributed by atoms with E-state index in [9.17, 15) is 0 Å². The van der Waals surface area contributed by atoms with Crippen molar-refractivity contribution in [1.29, 1.82) is 0 Å². The zero-order valence-electron chi connectivity index (χ0n) is 31.1. The van der Waals surface area contributed by atoms with Gasteiger partial charge >= 0.3 is 0 Å². The third kappa shape index (κ3) is 5.20. The van der Waals surface area contributed by atoms with Crippen LogP contribution in [-0.2, 0) is 5.41 Å². The predicted octanol–water partition coefficient (Wildman–Crippen LogP) is 14.2. The fourth-order valence-corrected chi connectivity index (χ4v) is 8.75. The number of benzene rings is 8. The summed E-state index contributed by atoms with van der Waals surface area (Å²) in [6, 6.07) is 64.8.